The minimum absolute atomic E-state index is 0.000943. The predicted molar refractivity (Wildman–Crippen MR) is 228 cm³/mol. The Bertz CT molecular complexity index is 1890. The lowest BCUT2D eigenvalue weighted by molar-refractivity contribution is -0.134. The highest BCUT2D eigenvalue weighted by molar-refractivity contribution is 6.32. The fourth-order valence-corrected chi connectivity index (χ4v) is 7.94. The molecule has 0 radical (unpaired) electrons. The first-order chi connectivity index (χ1) is 28.7. The molecule has 13 nitrogen and oxygen atoms in total. The molecule has 6 rings (SSSR count). The van der Waals surface area contributed by atoms with Crippen molar-refractivity contribution in [3.8, 4) is 16.9 Å². The Balaban J connectivity index is 0.850. The van der Waals surface area contributed by atoms with Gasteiger partial charge in [-0.15, -0.1) is 0 Å². The average Bonchev–Trinajstić information content (AvgIpc) is 3.72. The Morgan fingerprint density at radius 1 is 0.831 bits per heavy atom. The number of aromatic nitrogens is 1. The summed E-state index contributed by atoms with van der Waals surface area (Å²) in [6, 6.07) is 15.1. The standard InChI is InChI=1S/C45H57ClN6O7/c46-39-29-35(27-36-28-38(59-44(36)39)31-49-41(53)16-10-32-9-15-40(47)48-30-32)33-11-13-34(14-12-33)45(56)52-21-19-51(20-22-52)43(55)18-24-58-26-25-57-23-17-42(54)50-37-7-5-3-1-2-4-6-8-37/h9-16,27,29-30,37-38H,1-8,17-26,28,31H2,(H2,47,48)(H,49,53)(H,50,54)/b16-10+. The van der Waals surface area contributed by atoms with Gasteiger partial charge in [0, 0.05) is 68.5 Å². The number of nitrogens with two attached hydrogens (primary N) is 1. The maximum Gasteiger partial charge on any atom is 0.253 e. The highest BCUT2D eigenvalue weighted by Crippen LogP contribution is 2.39. The molecule has 1 aliphatic carbocycles. The third-order valence-corrected chi connectivity index (χ3v) is 11.3. The van der Waals surface area contributed by atoms with Crippen LogP contribution in [0, 0.1) is 0 Å². The van der Waals surface area contributed by atoms with Gasteiger partial charge in [-0.2, -0.15) is 0 Å². The number of halogens is 1. The van der Waals surface area contributed by atoms with Gasteiger partial charge in [-0.3, -0.25) is 19.2 Å². The van der Waals surface area contributed by atoms with E-state index in [4.69, 9.17) is 31.5 Å². The van der Waals surface area contributed by atoms with Crippen molar-refractivity contribution in [2.75, 3.05) is 64.9 Å². The number of benzene rings is 2. The van der Waals surface area contributed by atoms with Crippen LogP contribution >= 0.6 is 11.6 Å². The number of piperazine rings is 1. The number of fused-ring (bicyclic) bond motifs is 1. The van der Waals surface area contributed by atoms with E-state index in [2.05, 4.69) is 15.6 Å². The molecule has 4 amide bonds. The van der Waals surface area contributed by atoms with Crippen molar-refractivity contribution >= 4 is 47.1 Å². The minimum Gasteiger partial charge on any atom is -0.486 e. The average molecular weight is 829 g/mol. The van der Waals surface area contributed by atoms with Crippen LogP contribution in [0.4, 0.5) is 5.82 Å². The molecule has 4 N–H and O–H groups in total. The Hall–Kier alpha value is -4.98. The number of nitrogen functional groups attached to an aromatic ring is 1. The fourth-order valence-electron chi connectivity index (χ4n) is 7.66. The van der Waals surface area contributed by atoms with Gasteiger partial charge in [-0.1, -0.05) is 62.3 Å². The van der Waals surface area contributed by atoms with Gasteiger partial charge in [-0.25, -0.2) is 4.98 Å². The number of hydrogen-bond donors (Lipinski definition) is 3. The summed E-state index contributed by atoms with van der Waals surface area (Å²) in [4.78, 5) is 58.5. The summed E-state index contributed by atoms with van der Waals surface area (Å²) in [6.07, 6.45) is 15.2. The normalized spacial score (nSPS) is 17.4. The lowest BCUT2D eigenvalue weighted by atomic mass is 9.99. The molecule has 1 aromatic heterocycles. The number of amides is 4. The number of hydrogen-bond acceptors (Lipinski definition) is 9. The van der Waals surface area contributed by atoms with E-state index in [1.54, 1.807) is 34.2 Å². The van der Waals surface area contributed by atoms with Crippen molar-refractivity contribution in [1.82, 2.24) is 25.4 Å². The number of rotatable bonds is 16. The molecule has 0 spiro atoms. The summed E-state index contributed by atoms with van der Waals surface area (Å²) in [5.74, 6) is 0.747. The van der Waals surface area contributed by atoms with Crippen molar-refractivity contribution < 1.29 is 33.4 Å². The Labute approximate surface area is 352 Å². The lowest BCUT2D eigenvalue weighted by Gasteiger charge is -2.35. The summed E-state index contributed by atoms with van der Waals surface area (Å²) < 4.78 is 17.3. The Kier molecular flexibility index (Phi) is 16.6. The fraction of sp³-hybridized carbons (Fsp3) is 0.489. The van der Waals surface area contributed by atoms with Gasteiger partial charge >= 0.3 is 0 Å². The van der Waals surface area contributed by atoms with E-state index in [0.29, 0.717) is 94.1 Å². The molecule has 2 fully saturated rings. The van der Waals surface area contributed by atoms with E-state index in [1.807, 2.05) is 36.4 Å². The number of carbonyl (C=O) groups excluding carboxylic acids is 4. The first-order valence-electron chi connectivity index (χ1n) is 21.0. The minimum atomic E-state index is -0.259. The summed E-state index contributed by atoms with van der Waals surface area (Å²) >= 11 is 6.65. The molecule has 3 heterocycles. The molecule has 1 saturated carbocycles. The number of nitrogens with zero attached hydrogens (tertiary/aromatic N) is 3. The van der Waals surface area contributed by atoms with E-state index in [1.165, 1.54) is 44.6 Å². The number of ether oxygens (including phenoxy) is 3. The van der Waals surface area contributed by atoms with Crippen LogP contribution in [-0.4, -0.2) is 110 Å². The van der Waals surface area contributed by atoms with Crippen molar-refractivity contribution in [3.63, 3.8) is 0 Å². The summed E-state index contributed by atoms with van der Waals surface area (Å²) in [6.45, 7) is 3.52. The third-order valence-electron chi connectivity index (χ3n) is 11.0. The highest BCUT2D eigenvalue weighted by atomic mass is 35.5. The molecule has 14 heteroatoms. The van der Waals surface area contributed by atoms with Crippen molar-refractivity contribution in [2.45, 2.75) is 82.8 Å². The second-order valence-electron chi connectivity index (χ2n) is 15.4. The number of pyridine rings is 1. The van der Waals surface area contributed by atoms with Crippen LogP contribution in [0.1, 0.15) is 85.7 Å². The van der Waals surface area contributed by atoms with E-state index in [0.717, 1.165) is 35.1 Å². The van der Waals surface area contributed by atoms with Gasteiger partial charge in [-0.05, 0) is 72.0 Å². The molecule has 0 bridgehead atoms. The van der Waals surface area contributed by atoms with Gasteiger partial charge in [0.05, 0.1) is 44.4 Å². The molecule has 1 unspecified atom stereocenters. The third kappa shape index (κ3) is 13.5. The van der Waals surface area contributed by atoms with Crippen LogP contribution in [-0.2, 0) is 30.3 Å². The van der Waals surface area contributed by atoms with Crippen LogP contribution in [0.5, 0.6) is 5.75 Å². The van der Waals surface area contributed by atoms with Gasteiger partial charge in [0.1, 0.15) is 17.7 Å². The highest BCUT2D eigenvalue weighted by Gasteiger charge is 2.27. The molecule has 316 valence electrons. The first kappa shape index (κ1) is 43.6. The largest absolute Gasteiger partial charge is 0.486 e. The molecule has 1 atom stereocenters. The van der Waals surface area contributed by atoms with E-state index in [9.17, 15) is 19.2 Å². The van der Waals surface area contributed by atoms with Crippen molar-refractivity contribution in [3.05, 3.63) is 82.5 Å². The van der Waals surface area contributed by atoms with Crippen LogP contribution < -0.4 is 21.1 Å². The maximum atomic E-state index is 13.4. The van der Waals surface area contributed by atoms with Gasteiger partial charge in [0.2, 0.25) is 17.7 Å². The van der Waals surface area contributed by atoms with Gasteiger partial charge in [0.15, 0.2) is 0 Å². The Morgan fingerprint density at radius 3 is 2.20 bits per heavy atom. The summed E-state index contributed by atoms with van der Waals surface area (Å²) in [5, 5.41) is 6.54. The molecule has 3 aliphatic rings. The number of nitrogens with one attached hydrogen (secondary N) is 2. The number of anilines is 1. The molecular formula is C45H57ClN6O7. The molecule has 3 aromatic rings. The monoisotopic (exact) mass is 828 g/mol. The zero-order valence-electron chi connectivity index (χ0n) is 33.8. The second-order valence-corrected chi connectivity index (χ2v) is 15.8. The Morgan fingerprint density at radius 2 is 1.51 bits per heavy atom. The van der Waals surface area contributed by atoms with Gasteiger partial charge in [0.25, 0.3) is 5.91 Å². The summed E-state index contributed by atoms with van der Waals surface area (Å²) in [7, 11) is 0. The molecule has 2 aliphatic heterocycles. The molecule has 1 saturated heterocycles. The van der Waals surface area contributed by atoms with Crippen LogP contribution in [0.15, 0.2) is 60.8 Å². The van der Waals surface area contributed by atoms with Crippen molar-refractivity contribution in [2.24, 2.45) is 0 Å². The topological polar surface area (TPSA) is 165 Å². The van der Waals surface area contributed by atoms with E-state index < -0.39 is 0 Å². The quantitative estimate of drug-likeness (QED) is 0.119. The van der Waals surface area contributed by atoms with Crippen LogP contribution in [0.3, 0.4) is 0 Å². The SMILES string of the molecule is Nc1ccc(/C=C/C(=O)NCC2Cc3cc(-c4ccc(C(=O)N5CCN(C(=O)CCOCCOCCC(=O)NC6CCCCCCCC6)CC5)cc4)cc(Cl)c3O2)cn1. The van der Waals surface area contributed by atoms with Crippen LogP contribution in [0.25, 0.3) is 17.2 Å². The molecule has 2 aromatic carbocycles. The van der Waals surface area contributed by atoms with Crippen molar-refractivity contribution in [1.29, 1.82) is 0 Å². The first-order valence-corrected chi connectivity index (χ1v) is 21.4. The molecular weight excluding hydrogens is 772 g/mol. The zero-order valence-corrected chi connectivity index (χ0v) is 34.6. The van der Waals surface area contributed by atoms with Crippen LogP contribution in [0.2, 0.25) is 5.02 Å². The summed E-state index contributed by atoms with van der Waals surface area (Å²) in [5.41, 5.74) is 9.72. The zero-order chi connectivity index (χ0) is 41.4. The maximum absolute atomic E-state index is 13.4. The lowest BCUT2D eigenvalue weighted by Crippen LogP contribution is -2.50. The van der Waals surface area contributed by atoms with Gasteiger partial charge < -0.3 is 40.4 Å². The van der Waals surface area contributed by atoms with E-state index >= 15 is 0 Å². The molecule has 59 heavy (non-hydrogen) atoms. The number of carbonyl (C=O) groups is 4. The van der Waals surface area contributed by atoms with E-state index in [-0.39, 0.29) is 42.2 Å². The smallest absolute Gasteiger partial charge is 0.253 e. The predicted octanol–water partition coefficient (Wildman–Crippen LogP) is 5.83. The second kappa shape index (κ2) is 22.4.